The lowest BCUT2D eigenvalue weighted by Crippen LogP contribution is -2.19. The highest BCUT2D eigenvalue weighted by Crippen LogP contribution is 2.22. The number of aryl methyl sites for hydroxylation is 3. The zero-order chi connectivity index (χ0) is 14.0. The lowest BCUT2D eigenvalue weighted by atomic mass is 9.97. The van der Waals surface area contributed by atoms with E-state index in [1.54, 1.807) is 0 Å². The number of aromatic nitrogens is 2. The summed E-state index contributed by atoms with van der Waals surface area (Å²) in [4.78, 5) is 0. The van der Waals surface area contributed by atoms with E-state index >= 15 is 0 Å². The molecular formula is C16H23N3. The van der Waals surface area contributed by atoms with Crippen LogP contribution in [0.15, 0.2) is 24.3 Å². The molecule has 1 N–H and O–H groups in total. The van der Waals surface area contributed by atoms with E-state index in [2.05, 4.69) is 55.5 Å². The molecule has 1 aromatic carbocycles. The van der Waals surface area contributed by atoms with Gasteiger partial charge in [-0.3, -0.25) is 4.68 Å². The van der Waals surface area contributed by atoms with Crippen molar-refractivity contribution in [1.29, 1.82) is 0 Å². The molecule has 2 aromatic rings. The Bertz CT molecular complexity index is 569. The zero-order valence-corrected chi connectivity index (χ0v) is 12.5. The fraction of sp³-hybridized carbons (Fsp3) is 0.438. The Morgan fingerprint density at radius 3 is 2.53 bits per heavy atom. The van der Waals surface area contributed by atoms with E-state index in [1.165, 1.54) is 22.4 Å². The van der Waals surface area contributed by atoms with Gasteiger partial charge in [-0.15, -0.1) is 0 Å². The molecule has 1 aromatic heterocycles. The topological polar surface area (TPSA) is 29.9 Å². The summed E-state index contributed by atoms with van der Waals surface area (Å²) in [5, 5.41) is 7.92. The van der Waals surface area contributed by atoms with E-state index < -0.39 is 0 Å². The van der Waals surface area contributed by atoms with E-state index in [0.29, 0.717) is 6.04 Å². The molecule has 0 saturated heterocycles. The first kappa shape index (κ1) is 13.8. The minimum Gasteiger partial charge on any atom is -0.313 e. The minimum atomic E-state index is 0.335. The molecule has 0 aliphatic carbocycles. The highest BCUT2D eigenvalue weighted by Gasteiger charge is 2.16. The van der Waals surface area contributed by atoms with Crippen LogP contribution in [0.5, 0.6) is 0 Å². The van der Waals surface area contributed by atoms with Gasteiger partial charge in [0.2, 0.25) is 0 Å². The van der Waals surface area contributed by atoms with E-state index in [0.717, 1.165) is 12.1 Å². The largest absolute Gasteiger partial charge is 0.313 e. The van der Waals surface area contributed by atoms with Crippen molar-refractivity contribution < 1.29 is 0 Å². The van der Waals surface area contributed by atoms with Crippen molar-refractivity contribution in [2.75, 3.05) is 7.05 Å². The molecule has 102 valence electrons. The molecule has 3 heteroatoms. The summed E-state index contributed by atoms with van der Waals surface area (Å²) in [6.45, 7) is 6.36. The molecule has 0 bridgehead atoms. The van der Waals surface area contributed by atoms with Crippen molar-refractivity contribution >= 4 is 0 Å². The highest BCUT2D eigenvalue weighted by atomic mass is 15.3. The normalized spacial score (nSPS) is 12.7. The van der Waals surface area contributed by atoms with Gasteiger partial charge in [-0.2, -0.15) is 5.10 Å². The number of hydrogen-bond acceptors (Lipinski definition) is 2. The number of nitrogens with zero attached hydrogens (tertiary/aromatic N) is 2. The average Bonchev–Trinajstić information content (AvgIpc) is 2.61. The molecule has 0 fully saturated rings. The number of nitrogens with one attached hydrogen (secondary N) is 1. The van der Waals surface area contributed by atoms with E-state index in [4.69, 9.17) is 0 Å². The molecular weight excluding hydrogens is 234 g/mol. The van der Waals surface area contributed by atoms with Crippen molar-refractivity contribution in [2.24, 2.45) is 7.05 Å². The van der Waals surface area contributed by atoms with Gasteiger partial charge in [0.05, 0.1) is 5.69 Å². The molecule has 1 heterocycles. The maximum Gasteiger partial charge on any atom is 0.0629 e. The first-order chi connectivity index (χ1) is 9.02. The quantitative estimate of drug-likeness (QED) is 0.912. The SMILES string of the molecule is CNC(Cc1c(C)nn(C)c1C)c1cccc(C)c1. The van der Waals surface area contributed by atoms with E-state index in [1.807, 2.05) is 18.8 Å². The monoisotopic (exact) mass is 257 g/mol. The summed E-state index contributed by atoms with van der Waals surface area (Å²) >= 11 is 0. The fourth-order valence-corrected chi connectivity index (χ4v) is 2.59. The van der Waals surface area contributed by atoms with Crippen LogP contribution in [0.1, 0.15) is 34.1 Å². The van der Waals surface area contributed by atoms with Gasteiger partial charge in [-0.1, -0.05) is 29.8 Å². The highest BCUT2D eigenvalue weighted by molar-refractivity contribution is 5.30. The van der Waals surface area contributed by atoms with E-state index in [-0.39, 0.29) is 0 Å². The summed E-state index contributed by atoms with van der Waals surface area (Å²) in [5.74, 6) is 0. The summed E-state index contributed by atoms with van der Waals surface area (Å²) in [6.07, 6.45) is 0.978. The van der Waals surface area contributed by atoms with Crippen LogP contribution in [0.4, 0.5) is 0 Å². The Morgan fingerprint density at radius 1 is 1.26 bits per heavy atom. The van der Waals surface area contributed by atoms with Gasteiger partial charge in [0.25, 0.3) is 0 Å². The summed E-state index contributed by atoms with van der Waals surface area (Å²) in [7, 11) is 4.03. The van der Waals surface area contributed by atoms with Gasteiger partial charge in [-0.05, 0) is 45.4 Å². The molecule has 19 heavy (non-hydrogen) atoms. The molecule has 0 aliphatic rings. The lowest BCUT2D eigenvalue weighted by Gasteiger charge is -2.17. The third-order valence-corrected chi connectivity index (χ3v) is 3.86. The van der Waals surface area contributed by atoms with Crippen LogP contribution in [-0.2, 0) is 13.5 Å². The van der Waals surface area contributed by atoms with E-state index in [9.17, 15) is 0 Å². The molecule has 2 rings (SSSR count). The van der Waals surface area contributed by atoms with Gasteiger partial charge in [-0.25, -0.2) is 0 Å². The standard InChI is InChI=1S/C16H23N3/c1-11-7-6-8-14(9-11)16(17-4)10-15-12(2)18-19(5)13(15)3/h6-9,16-17H,10H2,1-5H3. The molecule has 1 atom stereocenters. The van der Waals surface area contributed by atoms with Crippen LogP contribution in [0.25, 0.3) is 0 Å². The predicted molar refractivity (Wildman–Crippen MR) is 79.4 cm³/mol. The second-order valence-corrected chi connectivity index (χ2v) is 5.23. The van der Waals surface area contributed by atoms with Crippen LogP contribution in [0.3, 0.4) is 0 Å². The molecule has 0 spiro atoms. The number of benzene rings is 1. The summed E-state index contributed by atoms with van der Waals surface area (Å²) < 4.78 is 1.97. The number of likely N-dealkylation sites (N-methyl/N-ethyl adjacent to an activating group) is 1. The third-order valence-electron chi connectivity index (χ3n) is 3.86. The second kappa shape index (κ2) is 5.57. The first-order valence-electron chi connectivity index (χ1n) is 6.75. The minimum absolute atomic E-state index is 0.335. The Kier molecular flexibility index (Phi) is 4.05. The third kappa shape index (κ3) is 2.87. The fourth-order valence-electron chi connectivity index (χ4n) is 2.59. The van der Waals surface area contributed by atoms with Crippen molar-refractivity contribution in [2.45, 2.75) is 33.2 Å². The maximum absolute atomic E-state index is 4.50. The Hall–Kier alpha value is -1.61. The van der Waals surface area contributed by atoms with Gasteiger partial charge in [0.1, 0.15) is 0 Å². The zero-order valence-electron chi connectivity index (χ0n) is 12.5. The molecule has 0 aliphatic heterocycles. The molecule has 3 nitrogen and oxygen atoms in total. The van der Waals surface area contributed by atoms with Crippen LogP contribution >= 0.6 is 0 Å². The summed E-state index contributed by atoms with van der Waals surface area (Å²) in [5.41, 5.74) is 6.38. The van der Waals surface area contributed by atoms with Crippen LogP contribution in [-0.4, -0.2) is 16.8 Å². The molecule has 0 radical (unpaired) electrons. The smallest absolute Gasteiger partial charge is 0.0629 e. The molecule has 0 saturated carbocycles. The van der Waals surface area contributed by atoms with Gasteiger partial charge in [0.15, 0.2) is 0 Å². The number of hydrogen-bond donors (Lipinski definition) is 1. The predicted octanol–water partition coefficient (Wildman–Crippen LogP) is 2.85. The van der Waals surface area contributed by atoms with Crippen LogP contribution < -0.4 is 5.32 Å². The molecule has 0 amide bonds. The van der Waals surface area contributed by atoms with Gasteiger partial charge in [0, 0.05) is 18.8 Å². The molecule has 1 unspecified atom stereocenters. The summed E-state index contributed by atoms with van der Waals surface area (Å²) in [6, 6.07) is 9.04. The van der Waals surface area contributed by atoms with Gasteiger partial charge >= 0.3 is 0 Å². The Labute approximate surface area is 115 Å². The van der Waals surface area contributed by atoms with Crippen LogP contribution in [0.2, 0.25) is 0 Å². The lowest BCUT2D eigenvalue weighted by molar-refractivity contribution is 0.588. The van der Waals surface area contributed by atoms with Crippen molar-refractivity contribution in [3.05, 3.63) is 52.3 Å². The average molecular weight is 257 g/mol. The first-order valence-corrected chi connectivity index (χ1v) is 6.75. The Morgan fingerprint density at radius 2 is 2.00 bits per heavy atom. The second-order valence-electron chi connectivity index (χ2n) is 5.23. The van der Waals surface area contributed by atoms with Crippen LogP contribution in [0, 0.1) is 20.8 Å². The maximum atomic E-state index is 4.50. The van der Waals surface area contributed by atoms with Crippen molar-refractivity contribution in [3.8, 4) is 0 Å². The van der Waals surface area contributed by atoms with Gasteiger partial charge < -0.3 is 5.32 Å². The van der Waals surface area contributed by atoms with Crippen molar-refractivity contribution in [1.82, 2.24) is 15.1 Å². The number of rotatable bonds is 4. The Balaban J connectivity index is 2.29. The van der Waals surface area contributed by atoms with Crippen molar-refractivity contribution in [3.63, 3.8) is 0 Å².